The molecule has 0 unspecified atom stereocenters. The van der Waals surface area contributed by atoms with Gasteiger partial charge in [0.25, 0.3) is 0 Å². The molecule has 12 rings (SSSR count). The lowest BCUT2D eigenvalue weighted by Crippen LogP contribution is -2.11. The summed E-state index contributed by atoms with van der Waals surface area (Å²) in [6.07, 6.45) is 0. The summed E-state index contributed by atoms with van der Waals surface area (Å²) in [6, 6.07) is 96.9. The molecule has 0 spiro atoms. The first-order valence-corrected chi connectivity index (χ1v) is 22.7. The van der Waals surface area contributed by atoms with Crippen molar-refractivity contribution >= 4 is 49.6 Å². The van der Waals surface area contributed by atoms with Gasteiger partial charge in [-0.15, -0.1) is 0 Å². The van der Waals surface area contributed by atoms with Gasteiger partial charge in [0.15, 0.2) is 0 Å². The summed E-state index contributed by atoms with van der Waals surface area (Å²) in [5, 5.41) is 4.97. The van der Waals surface area contributed by atoms with Crippen LogP contribution in [0, 0.1) is 0 Å². The summed E-state index contributed by atoms with van der Waals surface area (Å²) < 4.78 is 2.39. The van der Waals surface area contributed by atoms with Gasteiger partial charge in [0, 0.05) is 33.4 Å². The molecule has 0 radical (unpaired) electrons. The van der Waals surface area contributed by atoms with Crippen LogP contribution in [0.2, 0.25) is 0 Å². The Bertz CT molecular complexity index is 3690. The molecular weight excluding hydrogens is 797 g/mol. The van der Waals surface area contributed by atoms with Crippen molar-refractivity contribution in [2.75, 3.05) is 4.90 Å². The first-order valence-electron chi connectivity index (χ1n) is 22.7. The summed E-state index contributed by atoms with van der Waals surface area (Å²) in [5.74, 6) is 0. The maximum atomic E-state index is 2.43. The van der Waals surface area contributed by atoms with Crippen molar-refractivity contribution in [3.8, 4) is 61.3 Å². The van der Waals surface area contributed by atoms with Gasteiger partial charge >= 0.3 is 0 Å². The molecule has 0 saturated heterocycles. The van der Waals surface area contributed by atoms with E-state index in [-0.39, 0.29) is 0 Å². The highest BCUT2D eigenvalue weighted by atomic mass is 15.1. The summed E-state index contributed by atoms with van der Waals surface area (Å²) in [7, 11) is 0. The fourth-order valence-electron chi connectivity index (χ4n) is 9.96. The van der Waals surface area contributed by atoms with Crippen molar-refractivity contribution in [3.63, 3.8) is 0 Å². The van der Waals surface area contributed by atoms with Gasteiger partial charge < -0.3 is 9.47 Å². The van der Waals surface area contributed by atoms with Gasteiger partial charge in [-0.1, -0.05) is 212 Å². The third-order valence-electron chi connectivity index (χ3n) is 13.0. The first-order chi connectivity index (χ1) is 32.8. The van der Waals surface area contributed by atoms with Crippen LogP contribution in [0.15, 0.2) is 267 Å². The van der Waals surface area contributed by atoms with Crippen molar-refractivity contribution in [1.82, 2.24) is 4.57 Å². The van der Waals surface area contributed by atoms with Crippen molar-refractivity contribution in [3.05, 3.63) is 267 Å². The zero-order valence-corrected chi connectivity index (χ0v) is 36.3. The maximum Gasteiger partial charge on any atom is 0.0547 e. The lowest BCUT2D eigenvalue weighted by Gasteiger charge is -2.29. The molecule has 0 N–H and O–H groups in total. The number of benzene rings is 11. The summed E-state index contributed by atoms with van der Waals surface area (Å²) in [6.45, 7) is 0. The van der Waals surface area contributed by atoms with Crippen LogP contribution < -0.4 is 4.90 Å². The molecule has 12 aromatic rings. The minimum atomic E-state index is 1.07. The van der Waals surface area contributed by atoms with Crippen molar-refractivity contribution in [2.45, 2.75) is 0 Å². The van der Waals surface area contributed by atoms with E-state index in [1.54, 1.807) is 0 Å². The molecule has 0 amide bonds. The average molecular weight is 841 g/mol. The monoisotopic (exact) mass is 840 g/mol. The Labute approximate surface area is 385 Å². The molecule has 0 atom stereocenters. The van der Waals surface area contributed by atoms with E-state index in [2.05, 4.69) is 276 Å². The lowest BCUT2D eigenvalue weighted by molar-refractivity contribution is 1.18. The lowest BCUT2D eigenvalue weighted by atomic mass is 9.88. The van der Waals surface area contributed by atoms with Crippen molar-refractivity contribution in [2.24, 2.45) is 0 Å². The highest BCUT2D eigenvalue weighted by molar-refractivity contribution is 6.10. The summed E-state index contributed by atoms with van der Waals surface area (Å²) in [5.41, 5.74) is 18.6. The molecule has 0 aliphatic carbocycles. The number of fused-ring (bicyclic) bond motifs is 4. The van der Waals surface area contributed by atoms with Gasteiger partial charge in [0.1, 0.15) is 0 Å². The molecule has 1 heterocycles. The van der Waals surface area contributed by atoms with Gasteiger partial charge in [0.05, 0.1) is 16.7 Å². The van der Waals surface area contributed by atoms with Crippen LogP contribution >= 0.6 is 0 Å². The molecule has 2 heteroatoms. The van der Waals surface area contributed by atoms with E-state index in [1.807, 2.05) is 0 Å². The second-order valence-electron chi connectivity index (χ2n) is 16.9. The Kier molecular flexibility index (Phi) is 9.89. The van der Waals surface area contributed by atoms with Gasteiger partial charge in [-0.05, 0) is 115 Å². The highest BCUT2D eigenvalue weighted by Gasteiger charge is 2.21. The standard InChI is InChI=1S/C64H44N2/c1-3-19-46(20-4-1)54-28-9-10-29-56(54)57-30-11-12-31-58(57)59-32-13-15-35-62(59)65(52-26-17-23-49(43-52)55-34-18-22-47-21-7-8-27-53(47)55)51-40-37-45(38-41-51)48-39-42-61-60-33-14-16-36-63(60)66(64(61)44-48)50-24-5-2-6-25-50/h1-44H. The van der Waals surface area contributed by atoms with Gasteiger partial charge in [0.2, 0.25) is 0 Å². The topological polar surface area (TPSA) is 8.17 Å². The zero-order valence-electron chi connectivity index (χ0n) is 36.3. The third kappa shape index (κ3) is 6.93. The van der Waals surface area contributed by atoms with Crippen LogP contribution in [0.5, 0.6) is 0 Å². The molecule has 66 heavy (non-hydrogen) atoms. The largest absolute Gasteiger partial charge is 0.310 e. The van der Waals surface area contributed by atoms with Gasteiger partial charge in [-0.3, -0.25) is 0 Å². The number of rotatable bonds is 9. The molecular formula is C64H44N2. The van der Waals surface area contributed by atoms with Crippen LogP contribution in [0.3, 0.4) is 0 Å². The minimum absolute atomic E-state index is 1.07. The van der Waals surface area contributed by atoms with E-state index in [0.717, 1.165) is 33.9 Å². The first kappa shape index (κ1) is 38.9. The summed E-state index contributed by atoms with van der Waals surface area (Å²) in [4.78, 5) is 2.43. The maximum absolute atomic E-state index is 2.43. The predicted octanol–water partition coefficient (Wildman–Crippen LogP) is 17.7. The molecule has 11 aromatic carbocycles. The third-order valence-corrected chi connectivity index (χ3v) is 13.0. The molecule has 0 fully saturated rings. The fraction of sp³-hybridized carbons (Fsp3) is 0. The van der Waals surface area contributed by atoms with Crippen LogP contribution in [-0.4, -0.2) is 4.57 Å². The van der Waals surface area contributed by atoms with E-state index >= 15 is 0 Å². The van der Waals surface area contributed by atoms with Gasteiger partial charge in [-0.2, -0.15) is 0 Å². The number of aromatic nitrogens is 1. The zero-order chi connectivity index (χ0) is 43.8. The smallest absolute Gasteiger partial charge is 0.0547 e. The highest BCUT2D eigenvalue weighted by Crippen LogP contribution is 2.46. The number of hydrogen-bond acceptors (Lipinski definition) is 1. The summed E-state index contributed by atoms with van der Waals surface area (Å²) >= 11 is 0. The number of hydrogen-bond donors (Lipinski definition) is 0. The average Bonchev–Trinajstić information content (AvgIpc) is 3.73. The number of nitrogens with zero attached hydrogens (tertiary/aromatic N) is 2. The van der Waals surface area contributed by atoms with Crippen molar-refractivity contribution < 1.29 is 0 Å². The molecule has 1 aromatic heterocycles. The predicted molar refractivity (Wildman–Crippen MR) is 280 cm³/mol. The second kappa shape index (κ2) is 16.8. The molecule has 0 bridgehead atoms. The van der Waals surface area contributed by atoms with E-state index < -0.39 is 0 Å². The van der Waals surface area contributed by atoms with Crippen LogP contribution in [0.25, 0.3) is 93.9 Å². The van der Waals surface area contributed by atoms with Crippen LogP contribution in [0.1, 0.15) is 0 Å². The van der Waals surface area contributed by atoms with E-state index in [9.17, 15) is 0 Å². The van der Waals surface area contributed by atoms with Crippen molar-refractivity contribution in [1.29, 1.82) is 0 Å². The van der Waals surface area contributed by atoms with Crippen LogP contribution in [0.4, 0.5) is 17.1 Å². The fourth-order valence-corrected chi connectivity index (χ4v) is 9.96. The Balaban J connectivity index is 1.02. The van der Waals surface area contributed by atoms with E-state index in [4.69, 9.17) is 0 Å². The Morgan fingerprint density at radius 3 is 1.58 bits per heavy atom. The molecule has 2 nitrogen and oxygen atoms in total. The SMILES string of the molecule is c1ccc(-c2ccccc2-c2ccccc2-c2ccccc2N(c2ccc(-c3ccc4c5ccccc5n(-c5ccccc5)c4c3)cc2)c2cccc(-c3cccc4ccccc34)c2)cc1. The molecule has 310 valence electrons. The Morgan fingerprint density at radius 1 is 0.258 bits per heavy atom. The Morgan fingerprint density at radius 2 is 0.788 bits per heavy atom. The molecule has 0 aliphatic rings. The number of para-hydroxylation sites is 3. The molecule has 0 aliphatic heterocycles. The van der Waals surface area contributed by atoms with Crippen LogP contribution in [-0.2, 0) is 0 Å². The quantitative estimate of drug-likeness (QED) is 0.141. The molecule has 0 saturated carbocycles. The second-order valence-corrected chi connectivity index (χ2v) is 16.9. The normalized spacial score (nSPS) is 11.3. The van der Waals surface area contributed by atoms with Gasteiger partial charge in [-0.25, -0.2) is 0 Å². The Hall–Kier alpha value is -8.72. The minimum Gasteiger partial charge on any atom is -0.310 e. The van der Waals surface area contributed by atoms with E-state index in [1.165, 1.54) is 77.1 Å². The number of anilines is 3. The van der Waals surface area contributed by atoms with E-state index in [0.29, 0.717) is 0 Å².